The molecule has 0 fully saturated rings. The molecule has 1 nitrogen and oxygen atoms in total. The average Bonchev–Trinajstić information content (AvgIpc) is 2.37. The van der Waals surface area contributed by atoms with Gasteiger partial charge in [-0.3, -0.25) is 0 Å². The lowest BCUT2D eigenvalue weighted by atomic mass is 9.97. The summed E-state index contributed by atoms with van der Waals surface area (Å²) >= 11 is 0. The van der Waals surface area contributed by atoms with Crippen molar-refractivity contribution in [1.29, 1.82) is 0 Å². The molecule has 0 atom stereocenters. The molecule has 0 spiro atoms. The number of hydrogen-bond donors (Lipinski definition) is 0. The van der Waals surface area contributed by atoms with E-state index in [9.17, 15) is 0 Å². The van der Waals surface area contributed by atoms with E-state index in [4.69, 9.17) is 0 Å². The standard InChI is InChI=1S/C17H21N/c1-12-11-13(2)17(15(4)14(12)3)18(5)16-9-7-6-8-10-16/h6-11H,1-5H3. The molecular weight excluding hydrogens is 218 g/mol. The van der Waals surface area contributed by atoms with E-state index in [1.54, 1.807) is 0 Å². The Morgan fingerprint density at radius 1 is 0.778 bits per heavy atom. The summed E-state index contributed by atoms with van der Waals surface area (Å²) in [6.07, 6.45) is 0. The minimum Gasteiger partial charge on any atom is -0.344 e. The Balaban J connectivity index is 2.55. The van der Waals surface area contributed by atoms with Gasteiger partial charge in [0.05, 0.1) is 0 Å². The maximum atomic E-state index is 2.27. The molecule has 0 radical (unpaired) electrons. The molecule has 2 aromatic carbocycles. The molecule has 0 saturated carbocycles. The lowest BCUT2D eigenvalue weighted by Crippen LogP contribution is -2.13. The first kappa shape index (κ1) is 12.7. The second-order valence-electron chi connectivity index (χ2n) is 5.00. The van der Waals surface area contributed by atoms with Crippen LogP contribution in [-0.2, 0) is 0 Å². The van der Waals surface area contributed by atoms with E-state index in [0.717, 1.165) is 0 Å². The highest BCUT2D eigenvalue weighted by Gasteiger charge is 2.12. The number of anilines is 2. The third kappa shape index (κ3) is 2.13. The fourth-order valence-electron chi connectivity index (χ4n) is 2.57. The first-order valence-electron chi connectivity index (χ1n) is 6.38. The lowest BCUT2D eigenvalue weighted by molar-refractivity contribution is 1.13. The maximum Gasteiger partial charge on any atom is 0.0470 e. The van der Waals surface area contributed by atoms with Crippen molar-refractivity contribution in [2.45, 2.75) is 27.7 Å². The van der Waals surface area contributed by atoms with E-state index in [0.29, 0.717) is 0 Å². The summed E-state index contributed by atoms with van der Waals surface area (Å²) in [6.45, 7) is 8.78. The molecule has 0 heterocycles. The zero-order valence-corrected chi connectivity index (χ0v) is 11.9. The second-order valence-corrected chi connectivity index (χ2v) is 5.00. The number of hydrogen-bond acceptors (Lipinski definition) is 1. The molecule has 2 rings (SSSR count). The van der Waals surface area contributed by atoms with Crippen molar-refractivity contribution in [2.24, 2.45) is 0 Å². The second kappa shape index (κ2) is 4.85. The molecule has 0 unspecified atom stereocenters. The molecule has 94 valence electrons. The molecule has 0 saturated heterocycles. The predicted molar refractivity (Wildman–Crippen MR) is 79.9 cm³/mol. The lowest BCUT2D eigenvalue weighted by Gasteiger charge is -2.25. The van der Waals surface area contributed by atoms with Crippen LogP contribution in [0.1, 0.15) is 22.3 Å². The van der Waals surface area contributed by atoms with E-state index in [1.165, 1.54) is 33.6 Å². The quantitative estimate of drug-likeness (QED) is 0.735. The average molecular weight is 239 g/mol. The van der Waals surface area contributed by atoms with E-state index >= 15 is 0 Å². The van der Waals surface area contributed by atoms with Crippen LogP contribution in [0.3, 0.4) is 0 Å². The van der Waals surface area contributed by atoms with Gasteiger partial charge >= 0.3 is 0 Å². The van der Waals surface area contributed by atoms with Crippen molar-refractivity contribution < 1.29 is 0 Å². The molecule has 0 aliphatic heterocycles. The van der Waals surface area contributed by atoms with Crippen LogP contribution in [0.4, 0.5) is 11.4 Å². The van der Waals surface area contributed by atoms with Gasteiger partial charge in [0.15, 0.2) is 0 Å². The van der Waals surface area contributed by atoms with Crippen LogP contribution in [0.25, 0.3) is 0 Å². The number of para-hydroxylation sites is 1. The molecule has 0 aliphatic rings. The molecule has 2 aromatic rings. The molecule has 0 N–H and O–H groups in total. The highest BCUT2D eigenvalue weighted by molar-refractivity contribution is 5.71. The number of aryl methyl sites for hydroxylation is 2. The monoisotopic (exact) mass is 239 g/mol. The molecule has 0 bridgehead atoms. The Kier molecular flexibility index (Phi) is 3.42. The van der Waals surface area contributed by atoms with Crippen molar-refractivity contribution in [3.63, 3.8) is 0 Å². The number of nitrogens with zero attached hydrogens (tertiary/aromatic N) is 1. The van der Waals surface area contributed by atoms with Crippen molar-refractivity contribution >= 4 is 11.4 Å². The first-order valence-corrected chi connectivity index (χ1v) is 6.38. The zero-order valence-electron chi connectivity index (χ0n) is 11.9. The van der Waals surface area contributed by atoms with Crippen molar-refractivity contribution in [2.75, 3.05) is 11.9 Å². The van der Waals surface area contributed by atoms with Crippen molar-refractivity contribution in [1.82, 2.24) is 0 Å². The van der Waals surface area contributed by atoms with Crippen molar-refractivity contribution in [3.8, 4) is 0 Å². The number of benzene rings is 2. The SMILES string of the molecule is Cc1cc(C)c(N(C)c2ccccc2)c(C)c1C. The van der Waals surface area contributed by atoms with E-state index in [-0.39, 0.29) is 0 Å². The summed E-state index contributed by atoms with van der Waals surface area (Å²) in [6, 6.07) is 12.8. The Morgan fingerprint density at radius 2 is 1.39 bits per heavy atom. The molecule has 0 amide bonds. The van der Waals surface area contributed by atoms with Crippen LogP contribution in [0.5, 0.6) is 0 Å². The van der Waals surface area contributed by atoms with Crippen LogP contribution in [0, 0.1) is 27.7 Å². The van der Waals surface area contributed by atoms with Crippen LogP contribution in [0.2, 0.25) is 0 Å². The van der Waals surface area contributed by atoms with Crippen LogP contribution >= 0.6 is 0 Å². The van der Waals surface area contributed by atoms with Gasteiger partial charge in [0.2, 0.25) is 0 Å². The topological polar surface area (TPSA) is 3.24 Å². The third-order valence-corrected chi connectivity index (χ3v) is 3.79. The smallest absolute Gasteiger partial charge is 0.0470 e. The first-order chi connectivity index (χ1) is 8.52. The fraction of sp³-hybridized carbons (Fsp3) is 0.294. The summed E-state index contributed by atoms with van der Waals surface area (Å²) < 4.78 is 0. The largest absolute Gasteiger partial charge is 0.344 e. The molecule has 18 heavy (non-hydrogen) atoms. The van der Waals surface area contributed by atoms with Gasteiger partial charge in [-0.15, -0.1) is 0 Å². The summed E-state index contributed by atoms with van der Waals surface area (Å²) in [5.41, 5.74) is 8.02. The maximum absolute atomic E-state index is 2.27. The van der Waals surface area contributed by atoms with Gasteiger partial charge in [-0.25, -0.2) is 0 Å². The Hall–Kier alpha value is -1.76. The minimum atomic E-state index is 1.23. The molecule has 0 aliphatic carbocycles. The van der Waals surface area contributed by atoms with Gasteiger partial charge in [-0.1, -0.05) is 24.3 Å². The number of rotatable bonds is 2. The summed E-state index contributed by atoms with van der Waals surface area (Å²) in [5.74, 6) is 0. The molecular formula is C17H21N. The fourth-order valence-corrected chi connectivity index (χ4v) is 2.57. The summed E-state index contributed by atoms with van der Waals surface area (Å²) in [5, 5.41) is 0. The molecule has 0 aromatic heterocycles. The van der Waals surface area contributed by atoms with Gasteiger partial charge in [-0.2, -0.15) is 0 Å². The van der Waals surface area contributed by atoms with Gasteiger partial charge in [-0.05, 0) is 62.1 Å². The van der Waals surface area contributed by atoms with Crippen LogP contribution in [0.15, 0.2) is 36.4 Å². The van der Waals surface area contributed by atoms with Crippen LogP contribution in [-0.4, -0.2) is 7.05 Å². The van der Waals surface area contributed by atoms with Gasteiger partial charge in [0, 0.05) is 18.4 Å². The van der Waals surface area contributed by atoms with Crippen molar-refractivity contribution in [3.05, 3.63) is 58.7 Å². The minimum absolute atomic E-state index is 1.23. The summed E-state index contributed by atoms with van der Waals surface area (Å²) in [4.78, 5) is 2.27. The Bertz CT molecular complexity index is 556. The van der Waals surface area contributed by atoms with Gasteiger partial charge in [0.1, 0.15) is 0 Å². The zero-order chi connectivity index (χ0) is 13.3. The normalized spacial score (nSPS) is 10.5. The van der Waals surface area contributed by atoms with Crippen LogP contribution < -0.4 is 4.90 Å². The molecule has 1 heteroatoms. The highest BCUT2D eigenvalue weighted by atomic mass is 15.1. The van der Waals surface area contributed by atoms with Gasteiger partial charge < -0.3 is 4.90 Å². The predicted octanol–water partition coefficient (Wildman–Crippen LogP) is 4.69. The van der Waals surface area contributed by atoms with E-state index in [2.05, 4.69) is 76.0 Å². The third-order valence-electron chi connectivity index (χ3n) is 3.79. The Morgan fingerprint density at radius 3 is 2.00 bits per heavy atom. The van der Waals surface area contributed by atoms with E-state index < -0.39 is 0 Å². The summed E-state index contributed by atoms with van der Waals surface area (Å²) in [7, 11) is 2.14. The van der Waals surface area contributed by atoms with Gasteiger partial charge in [0.25, 0.3) is 0 Å². The van der Waals surface area contributed by atoms with E-state index in [1.807, 2.05) is 0 Å². The highest BCUT2D eigenvalue weighted by Crippen LogP contribution is 2.33. The Labute approximate surface area is 110 Å².